The maximum atomic E-state index is 12.4. The highest BCUT2D eigenvalue weighted by Gasteiger charge is 2.23. The van der Waals surface area contributed by atoms with E-state index in [4.69, 9.17) is 4.74 Å². The van der Waals surface area contributed by atoms with Crippen molar-refractivity contribution < 1.29 is 19.7 Å². The molecule has 3 rings (SSSR count). The van der Waals surface area contributed by atoms with Gasteiger partial charge in [-0.15, -0.1) is 0 Å². The van der Waals surface area contributed by atoms with Gasteiger partial charge in [0.1, 0.15) is 23.7 Å². The number of nitrogens with one attached hydrogen (secondary N) is 1. The summed E-state index contributed by atoms with van der Waals surface area (Å²) in [5.41, 5.74) is -0.204. The lowest BCUT2D eigenvalue weighted by Crippen LogP contribution is -2.31. The third-order valence-electron chi connectivity index (χ3n) is 4.52. The van der Waals surface area contributed by atoms with Crippen LogP contribution >= 0.6 is 11.8 Å². The Morgan fingerprint density at radius 2 is 2.03 bits per heavy atom. The lowest BCUT2D eigenvalue weighted by atomic mass is 10.2. The number of nitrogens with zero attached hydrogens (tertiary/aromatic N) is 3. The molecule has 30 heavy (non-hydrogen) atoms. The van der Waals surface area contributed by atoms with Gasteiger partial charge in [0, 0.05) is 7.05 Å². The fraction of sp³-hybridized carbons (Fsp3) is 0.368. The molecule has 0 aliphatic rings. The summed E-state index contributed by atoms with van der Waals surface area (Å²) in [5.74, 6) is -0.425. The molecule has 0 amide bonds. The number of aliphatic carboxylic acids is 1. The summed E-state index contributed by atoms with van der Waals surface area (Å²) < 4.78 is 8.25. The van der Waals surface area contributed by atoms with E-state index in [0.717, 1.165) is 17.3 Å². The highest BCUT2D eigenvalue weighted by atomic mass is 32.2. The first-order valence-electron chi connectivity index (χ1n) is 9.14. The highest BCUT2D eigenvalue weighted by Crippen LogP contribution is 2.26. The van der Waals surface area contributed by atoms with Crippen LogP contribution in [0.4, 0.5) is 0 Å². The number of thioether (sulfide) groups is 1. The van der Waals surface area contributed by atoms with Gasteiger partial charge in [0.15, 0.2) is 16.3 Å². The van der Waals surface area contributed by atoms with Gasteiger partial charge in [-0.05, 0) is 25.5 Å². The molecule has 2 atom stereocenters. The summed E-state index contributed by atoms with van der Waals surface area (Å²) in [7, 11) is 1.45. The Bertz CT molecular complexity index is 1200. The van der Waals surface area contributed by atoms with Gasteiger partial charge in [0.2, 0.25) is 0 Å². The number of para-hydroxylation sites is 1. The third-order valence-corrected chi connectivity index (χ3v) is 5.60. The fourth-order valence-corrected chi connectivity index (χ4v) is 3.70. The predicted molar refractivity (Wildman–Crippen MR) is 111 cm³/mol. The van der Waals surface area contributed by atoms with Crippen molar-refractivity contribution in [2.45, 2.75) is 36.9 Å². The number of rotatable bonds is 8. The van der Waals surface area contributed by atoms with Crippen LogP contribution in [-0.2, 0) is 18.4 Å². The largest absolute Gasteiger partial charge is 0.491 e. The monoisotopic (exact) mass is 434 g/mol. The second kappa shape index (κ2) is 8.76. The van der Waals surface area contributed by atoms with Gasteiger partial charge in [-0.2, -0.15) is 0 Å². The average Bonchev–Trinajstić information content (AvgIpc) is 3.04. The molecule has 0 aliphatic carbocycles. The molecule has 1 aromatic carbocycles. The molecule has 11 heteroatoms. The van der Waals surface area contributed by atoms with Gasteiger partial charge in [-0.3, -0.25) is 19.1 Å². The van der Waals surface area contributed by atoms with Crippen LogP contribution in [-0.4, -0.2) is 53.2 Å². The number of benzene rings is 1. The first-order chi connectivity index (χ1) is 14.2. The molecule has 0 bridgehead atoms. The molecule has 3 aromatic rings. The number of ether oxygens (including phenoxy) is 1. The van der Waals surface area contributed by atoms with Gasteiger partial charge in [-0.1, -0.05) is 30.0 Å². The van der Waals surface area contributed by atoms with Crippen LogP contribution in [0.15, 0.2) is 39.0 Å². The maximum absolute atomic E-state index is 12.4. The topological polar surface area (TPSA) is 139 Å². The lowest BCUT2D eigenvalue weighted by Gasteiger charge is -2.16. The molecular formula is C19H22N4O6S. The van der Waals surface area contributed by atoms with Gasteiger partial charge < -0.3 is 19.5 Å². The van der Waals surface area contributed by atoms with Gasteiger partial charge in [0.05, 0.1) is 6.54 Å². The Labute approximate surface area is 175 Å². The molecule has 0 saturated heterocycles. The number of carbonyl (C=O) groups is 1. The highest BCUT2D eigenvalue weighted by molar-refractivity contribution is 8.00. The minimum Gasteiger partial charge on any atom is -0.491 e. The van der Waals surface area contributed by atoms with Crippen molar-refractivity contribution in [3.63, 3.8) is 0 Å². The lowest BCUT2D eigenvalue weighted by molar-refractivity contribution is -0.136. The molecule has 0 unspecified atom stereocenters. The number of imidazole rings is 1. The predicted octanol–water partition coefficient (Wildman–Crippen LogP) is 0.737. The average molecular weight is 434 g/mol. The van der Waals surface area contributed by atoms with E-state index in [1.807, 2.05) is 25.1 Å². The van der Waals surface area contributed by atoms with Crippen LogP contribution in [0.1, 0.15) is 12.5 Å². The second-order valence-corrected chi connectivity index (χ2v) is 8.13. The Hall–Kier alpha value is -3.05. The van der Waals surface area contributed by atoms with Crippen LogP contribution in [0.2, 0.25) is 0 Å². The first kappa shape index (κ1) is 21.7. The zero-order valence-electron chi connectivity index (χ0n) is 16.7. The minimum absolute atomic E-state index is 0.0488. The van der Waals surface area contributed by atoms with Crippen molar-refractivity contribution >= 4 is 28.9 Å². The number of fused-ring (bicyclic) bond motifs is 1. The summed E-state index contributed by atoms with van der Waals surface area (Å²) >= 11 is 0.918. The van der Waals surface area contributed by atoms with Crippen molar-refractivity contribution in [1.82, 2.24) is 19.1 Å². The van der Waals surface area contributed by atoms with Crippen molar-refractivity contribution in [3.05, 3.63) is 50.7 Å². The fourth-order valence-electron chi connectivity index (χ4n) is 2.85. The van der Waals surface area contributed by atoms with Gasteiger partial charge in [0.25, 0.3) is 5.56 Å². The van der Waals surface area contributed by atoms with E-state index in [9.17, 15) is 24.6 Å². The number of aliphatic hydroxyl groups is 1. The van der Waals surface area contributed by atoms with Crippen LogP contribution in [0.3, 0.4) is 0 Å². The van der Waals surface area contributed by atoms with Crippen molar-refractivity contribution in [1.29, 1.82) is 0 Å². The quantitative estimate of drug-likeness (QED) is 0.441. The van der Waals surface area contributed by atoms with Crippen LogP contribution in [0, 0.1) is 6.92 Å². The van der Waals surface area contributed by atoms with Crippen molar-refractivity contribution in [2.75, 3.05) is 6.61 Å². The van der Waals surface area contributed by atoms with E-state index in [-0.39, 0.29) is 29.5 Å². The SMILES string of the molecule is Cc1ccccc1OC[C@@H](O)Cn1c(S[C@H](C)C(=O)O)nc2c1c(=O)[nH]c(=O)n2C. The van der Waals surface area contributed by atoms with Gasteiger partial charge >= 0.3 is 11.7 Å². The maximum Gasteiger partial charge on any atom is 0.329 e. The molecule has 0 spiro atoms. The molecule has 10 nitrogen and oxygen atoms in total. The zero-order valence-corrected chi connectivity index (χ0v) is 17.5. The van der Waals surface area contributed by atoms with E-state index in [2.05, 4.69) is 9.97 Å². The second-order valence-electron chi connectivity index (χ2n) is 6.82. The van der Waals surface area contributed by atoms with E-state index in [1.54, 1.807) is 6.07 Å². The summed E-state index contributed by atoms with van der Waals surface area (Å²) in [6.07, 6.45) is -1.02. The summed E-state index contributed by atoms with van der Waals surface area (Å²) in [6.45, 7) is 3.25. The Morgan fingerprint density at radius 3 is 2.70 bits per heavy atom. The molecule has 2 aromatic heterocycles. The summed E-state index contributed by atoms with van der Waals surface area (Å²) in [4.78, 5) is 42.1. The number of aryl methyl sites for hydroxylation is 2. The Balaban J connectivity index is 1.95. The number of aliphatic hydroxyl groups excluding tert-OH is 1. The Kier molecular flexibility index (Phi) is 6.32. The molecular weight excluding hydrogens is 412 g/mol. The molecule has 3 N–H and O–H groups in total. The molecule has 0 fully saturated rings. The van der Waals surface area contributed by atoms with E-state index >= 15 is 0 Å². The van der Waals surface area contributed by atoms with E-state index < -0.39 is 28.6 Å². The van der Waals surface area contributed by atoms with E-state index in [1.165, 1.54) is 23.1 Å². The first-order valence-corrected chi connectivity index (χ1v) is 10.0. The summed E-state index contributed by atoms with van der Waals surface area (Å²) in [6, 6.07) is 7.36. The number of aromatic amines is 1. The Morgan fingerprint density at radius 1 is 1.33 bits per heavy atom. The minimum atomic E-state index is -1.05. The van der Waals surface area contributed by atoms with Crippen LogP contribution in [0.5, 0.6) is 5.75 Å². The van der Waals surface area contributed by atoms with Crippen LogP contribution in [0.25, 0.3) is 11.2 Å². The van der Waals surface area contributed by atoms with Gasteiger partial charge in [-0.25, -0.2) is 9.78 Å². The van der Waals surface area contributed by atoms with E-state index in [0.29, 0.717) is 5.75 Å². The molecule has 0 saturated carbocycles. The molecule has 0 radical (unpaired) electrons. The zero-order chi connectivity index (χ0) is 22.0. The normalized spacial score (nSPS) is 13.3. The number of hydrogen-bond acceptors (Lipinski definition) is 7. The van der Waals surface area contributed by atoms with Crippen molar-refractivity contribution in [2.24, 2.45) is 7.05 Å². The number of carboxylic acids is 1. The third kappa shape index (κ3) is 4.41. The standard InChI is InChI=1S/C19H22N4O6S/c1-10-6-4-5-7-13(10)29-9-12(24)8-23-14-15(22(3)18(28)21-16(14)25)20-19(23)30-11(2)17(26)27/h4-7,11-12,24H,8-9H2,1-3H3,(H,26,27)(H,21,25,28)/t11-,12+/m1/s1. The number of carboxylic acid groups (broad SMARTS) is 1. The van der Waals surface area contributed by atoms with Crippen molar-refractivity contribution in [3.8, 4) is 5.75 Å². The number of aromatic nitrogens is 4. The molecule has 160 valence electrons. The molecule has 2 heterocycles. The number of hydrogen-bond donors (Lipinski definition) is 3. The number of H-pyrrole nitrogens is 1. The summed E-state index contributed by atoms with van der Waals surface area (Å²) in [5, 5.41) is 19.1. The van der Waals surface area contributed by atoms with Crippen LogP contribution < -0.4 is 16.0 Å². The smallest absolute Gasteiger partial charge is 0.329 e. The molecule has 0 aliphatic heterocycles.